The number of benzene rings is 4. The van der Waals surface area contributed by atoms with Gasteiger partial charge in [0.25, 0.3) is 0 Å². The summed E-state index contributed by atoms with van der Waals surface area (Å²) < 4.78 is 0. The summed E-state index contributed by atoms with van der Waals surface area (Å²) in [6.07, 6.45) is 2.15. The van der Waals surface area contributed by atoms with Crippen molar-refractivity contribution < 1.29 is 0 Å². The van der Waals surface area contributed by atoms with E-state index in [9.17, 15) is 0 Å². The third-order valence-corrected chi connectivity index (χ3v) is 7.87. The fourth-order valence-corrected chi connectivity index (χ4v) is 6.42. The molecule has 0 spiro atoms. The van der Waals surface area contributed by atoms with Gasteiger partial charge in [0.2, 0.25) is 0 Å². The second kappa shape index (κ2) is 8.57. The van der Waals surface area contributed by atoms with Gasteiger partial charge in [-0.1, -0.05) is 103 Å². The van der Waals surface area contributed by atoms with Crippen LogP contribution in [0.3, 0.4) is 0 Å². The smallest absolute Gasteiger partial charge is 0.0148 e. The van der Waals surface area contributed by atoms with Gasteiger partial charge in [-0.2, -0.15) is 0 Å². The molecular weight excluding hydrogens is 363 g/mol. The van der Waals surface area contributed by atoms with Crippen molar-refractivity contribution in [3.05, 3.63) is 109 Å². The van der Waals surface area contributed by atoms with Crippen LogP contribution in [-0.4, -0.2) is 6.26 Å². The van der Waals surface area contributed by atoms with Crippen molar-refractivity contribution in [2.24, 2.45) is 0 Å². The van der Waals surface area contributed by atoms with Crippen LogP contribution in [0, 0.1) is 0 Å². The van der Waals surface area contributed by atoms with Crippen LogP contribution in [0.4, 0.5) is 0 Å². The van der Waals surface area contributed by atoms with Gasteiger partial charge in [0.05, 0.1) is 0 Å². The molecule has 0 amide bonds. The van der Waals surface area contributed by atoms with Crippen molar-refractivity contribution in [3.8, 4) is 11.1 Å². The van der Waals surface area contributed by atoms with Gasteiger partial charge in [0.15, 0.2) is 0 Å². The molecule has 0 nitrogen and oxygen atoms in total. The minimum atomic E-state index is -0.617. The van der Waals surface area contributed by atoms with Gasteiger partial charge >= 0.3 is 0 Å². The topological polar surface area (TPSA) is 0 Å². The molecule has 0 N–H and O–H groups in total. The van der Waals surface area contributed by atoms with Gasteiger partial charge < -0.3 is 0 Å². The lowest BCUT2D eigenvalue weighted by atomic mass is 10.1. The van der Waals surface area contributed by atoms with Crippen molar-refractivity contribution >= 4 is 35.6 Å². The van der Waals surface area contributed by atoms with Crippen molar-refractivity contribution in [2.75, 3.05) is 6.26 Å². The lowest BCUT2D eigenvalue weighted by Gasteiger charge is -2.23. The van der Waals surface area contributed by atoms with E-state index in [1.165, 1.54) is 31.9 Å². The SMILES string of the molecule is CSc1ccccc1-c1ccccc1P(c1ccccc1)c1ccccc1. The largest absolute Gasteiger partial charge is 0.129 e. The predicted octanol–water partition coefficient (Wildman–Crippen LogP) is 5.83. The number of rotatable bonds is 5. The molecule has 0 saturated carbocycles. The molecule has 0 aromatic heterocycles. The van der Waals surface area contributed by atoms with Gasteiger partial charge in [0.1, 0.15) is 0 Å². The second-order valence-electron chi connectivity index (χ2n) is 6.22. The summed E-state index contributed by atoms with van der Waals surface area (Å²) in [5, 5.41) is 4.17. The Morgan fingerprint density at radius 1 is 0.519 bits per heavy atom. The monoisotopic (exact) mass is 384 g/mol. The van der Waals surface area contributed by atoms with E-state index in [0.29, 0.717) is 0 Å². The molecule has 0 unspecified atom stereocenters. The molecule has 0 saturated heterocycles. The highest BCUT2D eigenvalue weighted by atomic mass is 32.2. The molecule has 0 radical (unpaired) electrons. The van der Waals surface area contributed by atoms with E-state index >= 15 is 0 Å². The molecule has 27 heavy (non-hydrogen) atoms. The quantitative estimate of drug-likeness (QED) is 0.308. The predicted molar refractivity (Wildman–Crippen MR) is 122 cm³/mol. The first kappa shape index (κ1) is 18.0. The van der Waals surface area contributed by atoms with E-state index in [4.69, 9.17) is 0 Å². The van der Waals surface area contributed by atoms with Gasteiger partial charge in [-0.25, -0.2) is 0 Å². The minimum Gasteiger partial charge on any atom is -0.129 e. The Kier molecular flexibility index (Phi) is 5.72. The summed E-state index contributed by atoms with van der Waals surface area (Å²) in [5.74, 6) is 0. The summed E-state index contributed by atoms with van der Waals surface area (Å²) in [5.41, 5.74) is 2.65. The number of hydrogen-bond donors (Lipinski definition) is 0. The lowest BCUT2D eigenvalue weighted by Crippen LogP contribution is -2.22. The van der Waals surface area contributed by atoms with Crippen molar-refractivity contribution in [3.63, 3.8) is 0 Å². The number of thioether (sulfide) groups is 1. The fourth-order valence-electron chi connectivity index (χ4n) is 3.34. The molecule has 0 aliphatic carbocycles. The van der Waals surface area contributed by atoms with Crippen LogP contribution in [0.25, 0.3) is 11.1 Å². The molecule has 0 fully saturated rings. The zero-order valence-corrected chi connectivity index (χ0v) is 17.0. The minimum absolute atomic E-state index is 0.617. The normalized spacial score (nSPS) is 10.9. The summed E-state index contributed by atoms with van der Waals surface area (Å²) >= 11 is 1.81. The molecule has 0 aliphatic heterocycles. The molecule has 0 atom stereocenters. The summed E-state index contributed by atoms with van der Waals surface area (Å²) in [7, 11) is -0.617. The average molecular weight is 384 g/mol. The molecule has 4 aromatic rings. The molecular formula is C25H21PS. The Balaban J connectivity index is 1.95. The Morgan fingerprint density at radius 3 is 1.59 bits per heavy atom. The van der Waals surface area contributed by atoms with Crippen molar-refractivity contribution in [1.82, 2.24) is 0 Å². The highest BCUT2D eigenvalue weighted by Crippen LogP contribution is 2.39. The molecule has 4 rings (SSSR count). The first-order valence-corrected chi connectivity index (χ1v) is 11.6. The highest BCUT2D eigenvalue weighted by Gasteiger charge is 2.20. The standard InChI is InChI=1S/C25H21PS/c1-27-25-19-11-9-17-23(25)22-16-8-10-18-24(22)26(20-12-4-2-5-13-20)21-14-6-3-7-15-21/h2-19H,1H3. The third-order valence-electron chi connectivity index (χ3n) is 4.57. The summed E-state index contributed by atoms with van der Waals surface area (Å²) in [4.78, 5) is 1.32. The molecule has 0 heterocycles. The molecule has 2 heteroatoms. The van der Waals surface area contributed by atoms with E-state index < -0.39 is 7.92 Å². The van der Waals surface area contributed by atoms with Crippen LogP contribution in [0.2, 0.25) is 0 Å². The van der Waals surface area contributed by atoms with E-state index in [-0.39, 0.29) is 0 Å². The maximum absolute atomic E-state index is 2.30. The van der Waals surface area contributed by atoms with Crippen molar-refractivity contribution in [1.29, 1.82) is 0 Å². The van der Waals surface area contributed by atoms with Crippen LogP contribution in [-0.2, 0) is 0 Å². The van der Waals surface area contributed by atoms with E-state index in [1.807, 2.05) is 11.8 Å². The maximum Gasteiger partial charge on any atom is 0.0148 e. The number of hydrogen-bond acceptors (Lipinski definition) is 1. The van der Waals surface area contributed by atoms with E-state index in [0.717, 1.165) is 0 Å². The zero-order valence-electron chi connectivity index (χ0n) is 15.2. The van der Waals surface area contributed by atoms with Crippen LogP contribution < -0.4 is 15.9 Å². The van der Waals surface area contributed by atoms with Gasteiger partial charge in [0, 0.05) is 4.90 Å². The Hall–Kier alpha value is -2.34. The van der Waals surface area contributed by atoms with E-state index in [2.05, 4.69) is 115 Å². The Labute approximate surface area is 167 Å². The third kappa shape index (κ3) is 3.86. The van der Waals surface area contributed by atoms with Gasteiger partial charge in [-0.3, -0.25) is 0 Å². The fraction of sp³-hybridized carbons (Fsp3) is 0.0400. The Morgan fingerprint density at radius 2 is 1.00 bits per heavy atom. The van der Waals surface area contributed by atoms with Crippen LogP contribution >= 0.6 is 19.7 Å². The Bertz CT molecular complexity index is 973. The first-order valence-electron chi connectivity index (χ1n) is 9.01. The van der Waals surface area contributed by atoms with Crippen LogP contribution in [0.5, 0.6) is 0 Å². The first-order chi connectivity index (χ1) is 13.4. The second-order valence-corrected chi connectivity index (χ2v) is 9.26. The summed E-state index contributed by atoms with van der Waals surface area (Å²) in [6, 6.07) is 39.4. The molecule has 0 bridgehead atoms. The zero-order chi connectivity index (χ0) is 18.5. The molecule has 0 aliphatic rings. The van der Waals surface area contributed by atoms with Crippen LogP contribution in [0.15, 0.2) is 114 Å². The molecule has 4 aromatic carbocycles. The maximum atomic E-state index is 2.30. The van der Waals surface area contributed by atoms with Gasteiger partial charge in [-0.15, -0.1) is 11.8 Å². The van der Waals surface area contributed by atoms with Crippen LogP contribution in [0.1, 0.15) is 0 Å². The van der Waals surface area contributed by atoms with Crippen molar-refractivity contribution in [2.45, 2.75) is 4.90 Å². The summed E-state index contributed by atoms with van der Waals surface area (Å²) in [6.45, 7) is 0. The lowest BCUT2D eigenvalue weighted by molar-refractivity contribution is 1.46. The van der Waals surface area contributed by atoms with E-state index in [1.54, 1.807) is 0 Å². The molecule has 132 valence electrons. The highest BCUT2D eigenvalue weighted by molar-refractivity contribution is 7.98. The van der Waals surface area contributed by atoms with Gasteiger partial charge in [-0.05, 0) is 47.3 Å². The average Bonchev–Trinajstić information content (AvgIpc) is 2.76.